The zero-order valence-corrected chi connectivity index (χ0v) is 16.0. The van der Waals surface area contributed by atoms with Crippen molar-refractivity contribution in [2.45, 2.75) is 38.3 Å². The van der Waals surface area contributed by atoms with E-state index in [1.165, 1.54) is 5.56 Å². The summed E-state index contributed by atoms with van der Waals surface area (Å²) in [4.78, 5) is 5.59. The Hall–Kier alpha value is -3.18. The van der Waals surface area contributed by atoms with E-state index in [0.717, 1.165) is 24.8 Å². The smallest absolute Gasteiger partial charge is 0.167 e. The Labute approximate surface area is 164 Å². The molecule has 0 bridgehead atoms. The van der Waals surface area contributed by atoms with Crippen LogP contribution in [-0.2, 0) is 6.42 Å². The fourth-order valence-electron chi connectivity index (χ4n) is 3.00. The van der Waals surface area contributed by atoms with Gasteiger partial charge in [-0.15, -0.1) is 0 Å². The molecule has 8 heteroatoms. The third kappa shape index (κ3) is 7.21. The number of hydrogen-bond donors (Lipinski definition) is 1. The van der Waals surface area contributed by atoms with E-state index < -0.39 is 0 Å². The van der Waals surface area contributed by atoms with Crippen molar-refractivity contribution < 1.29 is 4.74 Å². The Bertz CT molecular complexity index is 814. The lowest BCUT2D eigenvalue weighted by Gasteiger charge is -2.25. The highest BCUT2D eigenvalue weighted by molar-refractivity contribution is 5.31. The van der Waals surface area contributed by atoms with Gasteiger partial charge in [-0.05, 0) is 53.6 Å². The standard InChI is InChI=1S/C20H25N7O/c1-2-18(12-11-16-7-4-3-5-8-16)25-20(14-23-26-21)17-9-6-10-19(13-17)28-15-24-27-22/h3-10,13,18,20,25H,2,11-12,14-15H2,1H3. The summed E-state index contributed by atoms with van der Waals surface area (Å²) in [5, 5.41) is 10.8. The van der Waals surface area contributed by atoms with Gasteiger partial charge in [-0.25, -0.2) is 0 Å². The molecule has 0 aliphatic rings. The minimum absolute atomic E-state index is 0.0664. The van der Waals surface area contributed by atoms with E-state index >= 15 is 0 Å². The molecular weight excluding hydrogens is 354 g/mol. The summed E-state index contributed by atoms with van der Waals surface area (Å²) in [5.41, 5.74) is 19.4. The molecule has 0 saturated carbocycles. The molecule has 2 unspecified atom stereocenters. The van der Waals surface area contributed by atoms with Gasteiger partial charge in [-0.1, -0.05) is 59.6 Å². The number of nitrogens with zero attached hydrogens (tertiary/aromatic N) is 6. The molecule has 0 fully saturated rings. The molecule has 28 heavy (non-hydrogen) atoms. The van der Waals surface area contributed by atoms with E-state index in [9.17, 15) is 0 Å². The molecule has 0 aromatic heterocycles. The van der Waals surface area contributed by atoms with Crippen LogP contribution in [0.3, 0.4) is 0 Å². The first-order valence-electron chi connectivity index (χ1n) is 9.31. The lowest BCUT2D eigenvalue weighted by atomic mass is 10.0. The van der Waals surface area contributed by atoms with Crippen LogP contribution in [0.15, 0.2) is 64.8 Å². The second kappa shape index (κ2) is 12.3. The Morgan fingerprint density at radius 3 is 2.54 bits per heavy atom. The number of nitrogens with one attached hydrogen (secondary N) is 1. The average molecular weight is 379 g/mol. The summed E-state index contributed by atoms with van der Waals surface area (Å²) in [6.07, 6.45) is 2.93. The number of benzene rings is 2. The average Bonchev–Trinajstić information content (AvgIpc) is 2.74. The maximum Gasteiger partial charge on any atom is 0.167 e. The van der Waals surface area contributed by atoms with Crippen LogP contribution in [0.1, 0.15) is 36.9 Å². The molecule has 146 valence electrons. The zero-order chi connectivity index (χ0) is 20.0. The zero-order valence-electron chi connectivity index (χ0n) is 16.0. The monoisotopic (exact) mass is 379 g/mol. The first-order chi connectivity index (χ1) is 13.8. The fourth-order valence-corrected chi connectivity index (χ4v) is 3.00. The number of aryl methyl sites for hydroxylation is 1. The number of rotatable bonds is 12. The van der Waals surface area contributed by atoms with Crippen molar-refractivity contribution in [2.75, 3.05) is 13.3 Å². The first-order valence-corrected chi connectivity index (χ1v) is 9.31. The molecule has 2 aromatic rings. The normalized spacial score (nSPS) is 12.3. The summed E-state index contributed by atoms with van der Waals surface area (Å²) in [6, 6.07) is 18.1. The van der Waals surface area contributed by atoms with Crippen molar-refractivity contribution in [3.63, 3.8) is 0 Å². The van der Waals surface area contributed by atoms with Crippen molar-refractivity contribution in [1.29, 1.82) is 0 Å². The van der Waals surface area contributed by atoms with Crippen LogP contribution in [0, 0.1) is 0 Å². The molecule has 0 radical (unpaired) electrons. The Morgan fingerprint density at radius 1 is 1.04 bits per heavy atom. The van der Waals surface area contributed by atoms with Crippen LogP contribution in [0.25, 0.3) is 20.9 Å². The van der Waals surface area contributed by atoms with Gasteiger partial charge in [0.25, 0.3) is 0 Å². The van der Waals surface area contributed by atoms with Gasteiger partial charge in [0.15, 0.2) is 6.73 Å². The second-order valence-electron chi connectivity index (χ2n) is 6.34. The molecule has 2 rings (SSSR count). The molecule has 8 nitrogen and oxygen atoms in total. The molecule has 0 heterocycles. The molecule has 0 amide bonds. The van der Waals surface area contributed by atoms with Gasteiger partial charge >= 0.3 is 0 Å². The maximum absolute atomic E-state index is 8.76. The molecule has 0 saturated heterocycles. The van der Waals surface area contributed by atoms with E-state index in [-0.39, 0.29) is 18.8 Å². The number of hydrogen-bond acceptors (Lipinski definition) is 4. The van der Waals surface area contributed by atoms with Gasteiger partial charge in [0.05, 0.1) is 0 Å². The third-order valence-corrected chi connectivity index (χ3v) is 4.49. The molecular formula is C20H25N7O. The molecule has 0 aliphatic carbocycles. The Morgan fingerprint density at radius 2 is 1.82 bits per heavy atom. The van der Waals surface area contributed by atoms with Crippen molar-refractivity contribution >= 4 is 0 Å². The minimum atomic E-state index is -0.125. The third-order valence-electron chi connectivity index (χ3n) is 4.49. The van der Waals surface area contributed by atoms with E-state index in [2.05, 4.69) is 56.6 Å². The summed E-state index contributed by atoms with van der Waals surface area (Å²) >= 11 is 0. The first kappa shape index (κ1) is 21.1. The van der Waals surface area contributed by atoms with Crippen molar-refractivity contribution in [3.05, 3.63) is 86.6 Å². The van der Waals surface area contributed by atoms with Gasteiger partial charge < -0.3 is 10.1 Å². The number of ether oxygens (including phenoxy) is 1. The molecule has 0 spiro atoms. The van der Waals surface area contributed by atoms with Crippen LogP contribution >= 0.6 is 0 Å². The van der Waals surface area contributed by atoms with Gasteiger partial charge in [-0.2, -0.15) is 0 Å². The van der Waals surface area contributed by atoms with Gasteiger partial charge in [0.1, 0.15) is 5.75 Å². The van der Waals surface area contributed by atoms with Gasteiger partial charge in [0.2, 0.25) is 0 Å². The van der Waals surface area contributed by atoms with Crippen LogP contribution in [0.4, 0.5) is 0 Å². The minimum Gasteiger partial charge on any atom is -0.488 e. The molecule has 1 N–H and O–H groups in total. The summed E-state index contributed by atoms with van der Waals surface area (Å²) in [7, 11) is 0. The number of azide groups is 2. The quantitative estimate of drug-likeness (QED) is 0.290. The van der Waals surface area contributed by atoms with Crippen LogP contribution < -0.4 is 10.1 Å². The molecule has 0 aliphatic heterocycles. The molecule has 2 aromatic carbocycles. The van der Waals surface area contributed by atoms with E-state index in [1.54, 1.807) is 6.07 Å². The Balaban J connectivity index is 2.07. The van der Waals surface area contributed by atoms with Crippen molar-refractivity contribution in [1.82, 2.24) is 5.32 Å². The highest BCUT2D eigenvalue weighted by Crippen LogP contribution is 2.22. The lowest BCUT2D eigenvalue weighted by Crippen LogP contribution is -2.34. The van der Waals surface area contributed by atoms with Crippen LogP contribution in [0.2, 0.25) is 0 Å². The largest absolute Gasteiger partial charge is 0.488 e. The molecule has 2 atom stereocenters. The van der Waals surface area contributed by atoms with Crippen LogP contribution in [0.5, 0.6) is 5.75 Å². The van der Waals surface area contributed by atoms with E-state index in [1.807, 2.05) is 24.3 Å². The van der Waals surface area contributed by atoms with Gasteiger partial charge in [-0.3, -0.25) is 0 Å². The fraction of sp³-hybridized carbons (Fsp3) is 0.400. The van der Waals surface area contributed by atoms with Crippen molar-refractivity contribution in [3.8, 4) is 5.75 Å². The van der Waals surface area contributed by atoms with Crippen molar-refractivity contribution in [2.24, 2.45) is 10.2 Å². The maximum atomic E-state index is 8.76. The van der Waals surface area contributed by atoms with Gasteiger partial charge in [0, 0.05) is 28.5 Å². The Kier molecular flexibility index (Phi) is 9.24. The summed E-state index contributed by atoms with van der Waals surface area (Å²) in [5.74, 6) is 0.606. The SMILES string of the molecule is CCC(CCc1ccccc1)NC(CN=[N+]=[N-])c1cccc(OCN=[N+]=[N-])c1. The summed E-state index contributed by atoms with van der Waals surface area (Å²) < 4.78 is 5.43. The topological polar surface area (TPSA) is 119 Å². The van der Waals surface area contributed by atoms with E-state index in [0.29, 0.717) is 12.3 Å². The second-order valence-corrected chi connectivity index (χ2v) is 6.34. The van der Waals surface area contributed by atoms with E-state index in [4.69, 9.17) is 15.8 Å². The highest BCUT2D eigenvalue weighted by Gasteiger charge is 2.16. The predicted octanol–water partition coefficient (Wildman–Crippen LogP) is 5.69. The highest BCUT2D eigenvalue weighted by atomic mass is 16.5. The summed E-state index contributed by atoms with van der Waals surface area (Å²) in [6.45, 7) is 2.38. The van der Waals surface area contributed by atoms with Crippen LogP contribution in [-0.4, -0.2) is 19.3 Å². The lowest BCUT2D eigenvalue weighted by molar-refractivity contribution is 0.328. The predicted molar refractivity (Wildman–Crippen MR) is 110 cm³/mol.